The van der Waals surface area contributed by atoms with E-state index in [2.05, 4.69) is 70.0 Å². The lowest BCUT2D eigenvalue weighted by Gasteiger charge is -2.38. The molecule has 2 saturated heterocycles. The Bertz CT molecular complexity index is 916. The van der Waals surface area contributed by atoms with Crippen LogP contribution in [0.25, 0.3) is 0 Å². The Hall–Kier alpha value is -2.80. The molecule has 2 fully saturated rings. The average Bonchev–Trinajstić information content (AvgIpc) is 2.84. The van der Waals surface area contributed by atoms with Gasteiger partial charge in [0.25, 0.3) is 0 Å². The van der Waals surface area contributed by atoms with Crippen molar-refractivity contribution in [3.05, 3.63) is 53.2 Å². The lowest BCUT2D eigenvalue weighted by atomic mass is 10.1. The monoisotopic (exact) mass is 436 g/mol. The van der Waals surface area contributed by atoms with Gasteiger partial charge in [-0.25, -0.2) is 9.98 Å². The standard InChI is InChI=1S/C25H36N6O/c1-4-26-25(28-19-22-8-6-10-27-24(22)30-15-17-32-18-16-30)31-13-11-29(12-14-31)23-9-5-7-20(2)21(23)3/h5-10H,4,11-19H2,1-3H3,(H,26,28). The number of anilines is 2. The average molecular weight is 437 g/mol. The number of ether oxygens (including phenoxy) is 1. The number of rotatable bonds is 5. The third kappa shape index (κ3) is 5.15. The van der Waals surface area contributed by atoms with Crippen molar-refractivity contribution >= 4 is 17.5 Å². The van der Waals surface area contributed by atoms with E-state index in [1.54, 1.807) is 0 Å². The second kappa shape index (κ2) is 10.7. The Morgan fingerprint density at radius 1 is 1.00 bits per heavy atom. The molecule has 2 aliphatic rings. The maximum atomic E-state index is 5.51. The summed E-state index contributed by atoms with van der Waals surface area (Å²) in [6, 6.07) is 10.7. The predicted molar refractivity (Wildman–Crippen MR) is 132 cm³/mol. The number of aliphatic imine (C=N–C) groups is 1. The molecule has 0 radical (unpaired) electrons. The minimum Gasteiger partial charge on any atom is -0.378 e. The number of aryl methyl sites for hydroxylation is 1. The van der Waals surface area contributed by atoms with Crippen molar-refractivity contribution in [3.63, 3.8) is 0 Å². The van der Waals surface area contributed by atoms with E-state index in [0.29, 0.717) is 6.54 Å². The fourth-order valence-corrected chi connectivity index (χ4v) is 4.44. The first-order chi connectivity index (χ1) is 15.7. The number of piperazine rings is 1. The van der Waals surface area contributed by atoms with Gasteiger partial charge >= 0.3 is 0 Å². The Morgan fingerprint density at radius 2 is 1.78 bits per heavy atom. The molecule has 1 aromatic heterocycles. The summed E-state index contributed by atoms with van der Waals surface area (Å²) in [5.41, 5.74) is 5.26. The number of benzene rings is 1. The van der Waals surface area contributed by atoms with Crippen LogP contribution >= 0.6 is 0 Å². The molecule has 32 heavy (non-hydrogen) atoms. The molecule has 172 valence electrons. The molecule has 2 aliphatic heterocycles. The smallest absolute Gasteiger partial charge is 0.194 e. The maximum Gasteiger partial charge on any atom is 0.194 e. The van der Waals surface area contributed by atoms with Crippen LogP contribution in [0.4, 0.5) is 11.5 Å². The largest absolute Gasteiger partial charge is 0.378 e. The highest BCUT2D eigenvalue weighted by atomic mass is 16.5. The van der Waals surface area contributed by atoms with Gasteiger partial charge < -0.3 is 24.8 Å². The fraction of sp³-hybridized carbons (Fsp3) is 0.520. The molecule has 0 unspecified atom stereocenters. The zero-order chi connectivity index (χ0) is 22.3. The van der Waals surface area contributed by atoms with E-state index in [1.807, 2.05) is 12.3 Å². The highest BCUT2D eigenvalue weighted by molar-refractivity contribution is 5.80. The predicted octanol–water partition coefficient (Wildman–Crippen LogP) is 2.82. The van der Waals surface area contributed by atoms with Crippen molar-refractivity contribution in [2.45, 2.75) is 27.3 Å². The van der Waals surface area contributed by atoms with Crippen LogP contribution in [-0.2, 0) is 11.3 Å². The lowest BCUT2D eigenvalue weighted by molar-refractivity contribution is 0.122. The summed E-state index contributed by atoms with van der Waals surface area (Å²) in [6.07, 6.45) is 1.87. The minimum absolute atomic E-state index is 0.625. The van der Waals surface area contributed by atoms with Gasteiger partial charge in [-0.1, -0.05) is 18.2 Å². The van der Waals surface area contributed by atoms with Gasteiger partial charge in [-0.2, -0.15) is 0 Å². The first-order valence-corrected chi connectivity index (χ1v) is 11.8. The molecule has 0 atom stereocenters. The zero-order valence-corrected chi connectivity index (χ0v) is 19.7. The molecule has 3 heterocycles. The first kappa shape index (κ1) is 22.4. The molecule has 0 saturated carbocycles. The number of guanidine groups is 1. The van der Waals surface area contributed by atoms with Crippen molar-refractivity contribution in [1.29, 1.82) is 0 Å². The maximum absolute atomic E-state index is 5.51. The van der Waals surface area contributed by atoms with Crippen molar-refractivity contribution in [3.8, 4) is 0 Å². The van der Waals surface area contributed by atoms with Gasteiger partial charge in [0.1, 0.15) is 5.82 Å². The number of pyridine rings is 1. The number of morpholine rings is 1. The second-order valence-electron chi connectivity index (χ2n) is 8.45. The van der Waals surface area contributed by atoms with Crippen LogP contribution in [0.2, 0.25) is 0 Å². The van der Waals surface area contributed by atoms with E-state index in [-0.39, 0.29) is 0 Å². The van der Waals surface area contributed by atoms with E-state index in [1.165, 1.54) is 22.4 Å². The van der Waals surface area contributed by atoms with Crippen LogP contribution in [0.3, 0.4) is 0 Å². The third-order valence-corrected chi connectivity index (χ3v) is 6.41. The van der Waals surface area contributed by atoms with Gasteiger partial charge in [-0.3, -0.25) is 0 Å². The number of hydrogen-bond donors (Lipinski definition) is 1. The quantitative estimate of drug-likeness (QED) is 0.575. The molecule has 2 aromatic rings. The fourth-order valence-electron chi connectivity index (χ4n) is 4.44. The number of aromatic nitrogens is 1. The van der Waals surface area contributed by atoms with Gasteiger partial charge in [0.05, 0.1) is 19.8 Å². The van der Waals surface area contributed by atoms with Gasteiger partial charge in [-0.15, -0.1) is 0 Å². The highest BCUT2D eigenvalue weighted by Crippen LogP contribution is 2.24. The molecule has 1 aromatic carbocycles. The molecule has 1 N–H and O–H groups in total. The Morgan fingerprint density at radius 3 is 2.53 bits per heavy atom. The summed E-state index contributed by atoms with van der Waals surface area (Å²) in [4.78, 5) is 16.9. The van der Waals surface area contributed by atoms with Crippen molar-refractivity contribution < 1.29 is 4.74 Å². The van der Waals surface area contributed by atoms with Crippen molar-refractivity contribution in [2.24, 2.45) is 4.99 Å². The van der Waals surface area contributed by atoms with Gasteiger partial charge in [0.15, 0.2) is 5.96 Å². The zero-order valence-electron chi connectivity index (χ0n) is 19.7. The number of hydrogen-bond acceptors (Lipinski definition) is 5. The number of nitrogens with zero attached hydrogens (tertiary/aromatic N) is 5. The summed E-state index contributed by atoms with van der Waals surface area (Å²) >= 11 is 0. The minimum atomic E-state index is 0.625. The van der Waals surface area contributed by atoms with Crippen LogP contribution in [0.1, 0.15) is 23.6 Å². The van der Waals surface area contributed by atoms with E-state index in [9.17, 15) is 0 Å². The normalized spacial score (nSPS) is 17.6. The SMILES string of the molecule is CCNC(=NCc1cccnc1N1CCOCC1)N1CCN(c2cccc(C)c2C)CC1. The van der Waals surface area contributed by atoms with Gasteiger partial charge in [0.2, 0.25) is 0 Å². The molecule has 0 bridgehead atoms. The molecule has 0 aliphatic carbocycles. The summed E-state index contributed by atoms with van der Waals surface area (Å²) in [6.45, 7) is 15.2. The van der Waals surface area contributed by atoms with Crippen LogP contribution in [0.15, 0.2) is 41.5 Å². The Labute approximate surface area is 192 Å². The van der Waals surface area contributed by atoms with Crippen molar-refractivity contribution in [2.75, 3.05) is 68.8 Å². The van der Waals surface area contributed by atoms with E-state index in [4.69, 9.17) is 9.73 Å². The summed E-state index contributed by atoms with van der Waals surface area (Å²) < 4.78 is 5.51. The molecule has 0 spiro atoms. The van der Waals surface area contributed by atoms with Crippen LogP contribution in [-0.4, -0.2) is 74.9 Å². The van der Waals surface area contributed by atoms with Crippen LogP contribution in [0.5, 0.6) is 0 Å². The van der Waals surface area contributed by atoms with Gasteiger partial charge in [0, 0.05) is 63.3 Å². The second-order valence-corrected chi connectivity index (χ2v) is 8.45. The van der Waals surface area contributed by atoms with Crippen molar-refractivity contribution in [1.82, 2.24) is 15.2 Å². The third-order valence-electron chi connectivity index (χ3n) is 6.41. The number of nitrogens with one attached hydrogen (secondary N) is 1. The summed E-state index contributed by atoms with van der Waals surface area (Å²) in [5, 5.41) is 3.50. The molecular weight excluding hydrogens is 400 g/mol. The molecule has 7 nitrogen and oxygen atoms in total. The van der Waals surface area contributed by atoms with E-state index < -0.39 is 0 Å². The molecule has 0 amide bonds. The summed E-state index contributed by atoms with van der Waals surface area (Å²) in [7, 11) is 0. The first-order valence-electron chi connectivity index (χ1n) is 11.8. The molecular formula is C25H36N6O. The molecule has 4 rings (SSSR count). The highest BCUT2D eigenvalue weighted by Gasteiger charge is 2.21. The van der Waals surface area contributed by atoms with E-state index in [0.717, 1.165) is 70.8 Å². The Balaban J connectivity index is 1.44. The van der Waals surface area contributed by atoms with E-state index >= 15 is 0 Å². The Kier molecular flexibility index (Phi) is 7.47. The summed E-state index contributed by atoms with van der Waals surface area (Å²) in [5.74, 6) is 2.03. The lowest BCUT2D eigenvalue weighted by Crippen LogP contribution is -2.52. The topological polar surface area (TPSA) is 56.2 Å². The molecule has 7 heteroatoms. The van der Waals surface area contributed by atoms with Gasteiger partial charge in [-0.05, 0) is 44.0 Å². The van der Waals surface area contributed by atoms with Crippen LogP contribution < -0.4 is 15.1 Å². The van der Waals surface area contributed by atoms with Crippen LogP contribution in [0, 0.1) is 13.8 Å².